The van der Waals surface area contributed by atoms with Gasteiger partial charge in [0.2, 0.25) is 0 Å². The van der Waals surface area contributed by atoms with Crippen LogP contribution in [0.25, 0.3) is 0 Å². The van der Waals surface area contributed by atoms with Crippen LogP contribution in [0.15, 0.2) is 12.4 Å². The summed E-state index contributed by atoms with van der Waals surface area (Å²) in [5, 5.41) is 8.41. The predicted molar refractivity (Wildman–Crippen MR) is 55.9 cm³/mol. The number of hydrogen-bond acceptors (Lipinski definition) is 2. The Bertz CT molecular complexity index is 338. The molecule has 0 saturated carbocycles. The summed E-state index contributed by atoms with van der Waals surface area (Å²) in [7, 11) is 0. The highest BCUT2D eigenvalue weighted by molar-refractivity contribution is 4.75. The van der Waals surface area contributed by atoms with Crippen molar-refractivity contribution in [1.82, 2.24) is 4.73 Å². The van der Waals surface area contributed by atoms with Crippen molar-refractivity contribution in [2.24, 2.45) is 0 Å². The van der Waals surface area contributed by atoms with Gasteiger partial charge in [-0.2, -0.15) is 5.26 Å². The molecular formula is C11H18N3O+. The molecule has 1 aromatic rings. The van der Waals surface area contributed by atoms with Crippen molar-refractivity contribution in [3.8, 4) is 6.07 Å². The molecule has 0 saturated heterocycles. The number of aromatic nitrogens is 2. The van der Waals surface area contributed by atoms with Crippen molar-refractivity contribution < 1.29 is 9.40 Å². The molecule has 1 aromatic heterocycles. The summed E-state index contributed by atoms with van der Waals surface area (Å²) in [6, 6.07) is 2.15. The van der Waals surface area contributed by atoms with Gasteiger partial charge in [-0.25, -0.2) is 4.57 Å². The van der Waals surface area contributed by atoms with Crippen LogP contribution in [0.1, 0.15) is 32.0 Å². The van der Waals surface area contributed by atoms with Crippen LogP contribution in [0.5, 0.6) is 0 Å². The SMILES string of the molecule is CCOn1cc[n+](CCCCC#N)c1C. The van der Waals surface area contributed by atoms with E-state index in [2.05, 4.69) is 10.6 Å². The van der Waals surface area contributed by atoms with Crippen LogP contribution in [0, 0.1) is 18.3 Å². The second-order valence-corrected chi connectivity index (χ2v) is 3.40. The third-order valence-electron chi connectivity index (χ3n) is 2.32. The molecule has 0 unspecified atom stereocenters. The Hall–Kier alpha value is -1.50. The van der Waals surface area contributed by atoms with Crippen molar-refractivity contribution in [1.29, 1.82) is 5.26 Å². The molecule has 0 aliphatic heterocycles. The first-order valence-corrected chi connectivity index (χ1v) is 5.37. The fourth-order valence-corrected chi connectivity index (χ4v) is 1.48. The van der Waals surface area contributed by atoms with Crippen molar-refractivity contribution in [2.75, 3.05) is 6.61 Å². The Kier molecular flexibility index (Phi) is 4.69. The lowest BCUT2D eigenvalue weighted by atomic mass is 10.2. The summed E-state index contributed by atoms with van der Waals surface area (Å²) in [5.41, 5.74) is 0. The molecule has 0 spiro atoms. The zero-order chi connectivity index (χ0) is 11.1. The second-order valence-electron chi connectivity index (χ2n) is 3.40. The average molecular weight is 208 g/mol. The van der Waals surface area contributed by atoms with E-state index in [1.165, 1.54) is 0 Å². The first-order chi connectivity index (χ1) is 7.29. The number of aryl methyl sites for hydroxylation is 1. The van der Waals surface area contributed by atoms with E-state index in [0.717, 1.165) is 25.2 Å². The van der Waals surface area contributed by atoms with Gasteiger partial charge >= 0.3 is 0 Å². The zero-order valence-electron chi connectivity index (χ0n) is 9.44. The van der Waals surface area contributed by atoms with Gasteiger partial charge in [-0.05, 0) is 24.5 Å². The smallest absolute Gasteiger partial charge is 0.293 e. The van der Waals surface area contributed by atoms with E-state index in [1.807, 2.05) is 26.2 Å². The van der Waals surface area contributed by atoms with E-state index < -0.39 is 0 Å². The lowest BCUT2D eigenvalue weighted by Crippen LogP contribution is -2.36. The van der Waals surface area contributed by atoms with Gasteiger partial charge in [0.15, 0.2) is 6.20 Å². The zero-order valence-corrected chi connectivity index (χ0v) is 9.44. The van der Waals surface area contributed by atoms with Crippen molar-refractivity contribution >= 4 is 0 Å². The van der Waals surface area contributed by atoms with E-state index in [9.17, 15) is 0 Å². The molecular weight excluding hydrogens is 190 g/mol. The fourth-order valence-electron chi connectivity index (χ4n) is 1.48. The number of nitriles is 1. The molecule has 0 aliphatic rings. The number of unbranched alkanes of at least 4 members (excludes halogenated alkanes) is 2. The quantitative estimate of drug-likeness (QED) is 0.521. The van der Waals surface area contributed by atoms with Crippen molar-refractivity contribution in [3.05, 3.63) is 18.2 Å². The van der Waals surface area contributed by atoms with Gasteiger partial charge in [0.1, 0.15) is 12.8 Å². The highest BCUT2D eigenvalue weighted by Gasteiger charge is 2.11. The van der Waals surface area contributed by atoms with Gasteiger partial charge in [0, 0.05) is 13.3 Å². The van der Waals surface area contributed by atoms with Gasteiger partial charge in [-0.3, -0.25) is 0 Å². The maximum atomic E-state index is 8.41. The molecule has 0 bridgehead atoms. The molecule has 15 heavy (non-hydrogen) atoms. The summed E-state index contributed by atoms with van der Waals surface area (Å²) in [6.45, 7) is 5.62. The predicted octanol–water partition coefficient (Wildman–Crippen LogP) is 1.23. The number of nitrogens with zero attached hydrogens (tertiary/aromatic N) is 3. The Morgan fingerprint density at radius 3 is 3.00 bits per heavy atom. The first kappa shape index (κ1) is 11.6. The topological polar surface area (TPSA) is 41.8 Å². The largest absolute Gasteiger partial charge is 0.336 e. The van der Waals surface area contributed by atoms with Gasteiger partial charge in [0.25, 0.3) is 5.82 Å². The normalized spacial score (nSPS) is 9.93. The molecule has 4 heteroatoms. The summed E-state index contributed by atoms with van der Waals surface area (Å²) in [4.78, 5) is 5.39. The fraction of sp³-hybridized carbons (Fsp3) is 0.636. The number of imidazole rings is 1. The van der Waals surface area contributed by atoms with Gasteiger partial charge in [-0.1, -0.05) is 0 Å². The van der Waals surface area contributed by atoms with Gasteiger partial charge < -0.3 is 4.84 Å². The molecule has 0 atom stereocenters. The molecule has 0 amide bonds. The van der Waals surface area contributed by atoms with E-state index in [4.69, 9.17) is 10.1 Å². The summed E-state index contributed by atoms with van der Waals surface area (Å²) in [6.07, 6.45) is 6.57. The molecule has 0 N–H and O–H groups in total. The first-order valence-electron chi connectivity index (χ1n) is 5.37. The van der Waals surface area contributed by atoms with E-state index in [0.29, 0.717) is 13.0 Å². The van der Waals surface area contributed by atoms with Crippen LogP contribution in [-0.2, 0) is 6.54 Å². The van der Waals surface area contributed by atoms with Gasteiger partial charge in [0.05, 0.1) is 12.6 Å². The average Bonchev–Trinajstić information content (AvgIpc) is 2.57. The van der Waals surface area contributed by atoms with Gasteiger partial charge in [-0.15, -0.1) is 0 Å². The van der Waals surface area contributed by atoms with Crippen LogP contribution >= 0.6 is 0 Å². The molecule has 0 aliphatic carbocycles. The number of rotatable bonds is 6. The third-order valence-corrected chi connectivity index (χ3v) is 2.32. The maximum absolute atomic E-state index is 8.41. The van der Waals surface area contributed by atoms with Crippen LogP contribution in [0.2, 0.25) is 0 Å². The Labute approximate surface area is 90.7 Å². The van der Waals surface area contributed by atoms with Crippen LogP contribution in [0.3, 0.4) is 0 Å². The minimum absolute atomic E-state index is 0.645. The molecule has 1 rings (SSSR count). The minimum Gasteiger partial charge on any atom is -0.336 e. The van der Waals surface area contributed by atoms with Crippen molar-refractivity contribution in [3.63, 3.8) is 0 Å². The van der Waals surface area contributed by atoms with E-state index in [1.54, 1.807) is 4.73 Å². The Morgan fingerprint density at radius 1 is 1.53 bits per heavy atom. The Morgan fingerprint density at radius 2 is 2.33 bits per heavy atom. The van der Waals surface area contributed by atoms with E-state index >= 15 is 0 Å². The molecule has 0 aromatic carbocycles. The van der Waals surface area contributed by atoms with Crippen LogP contribution < -0.4 is 9.40 Å². The standard InChI is InChI=1S/C11H18N3O/c1-3-15-14-10-9-13(11(14)2)8-6-4-5-7-12/h9-10H,3-6,8H2,1-2H3/q+1. The molecule has 82 valence electrons. The maximum Gasteiger partial charge on any atom is 0.293 e. The molecule has 4 nitrogen and oxygen atoms in total. The number of hydrogen-bond donors (Lipinski definition) is 0. The molecule has 0 fully saturated rings. The monoisotopic (exact) mass is 208 g/mol. The Balaban J connectivity index is 2.44. The third kappa shape index (κ3) is 3.28. The lowest BCUT2D eigenvalue weighted by molar-refractivity contribution is -0.703. The summed E-state index contributed by atoms with van der Waals surface area (Å²) < 4.78 is 3.93. The minimum atomic E-state index is 0.645. The second kappa shape index (κ2) is 6.07. The van der Waals surface area contributed by atoms with E-state index in [-0.39, 0.29) is 0 Å². The molecule has 1 heterocycles. The highest BCUT2D eigenvalue weighted by Crippen LogP contribution is 1.96. The summed E-state index contributed by atoms with van der Waals surface area (Å²) in [5.74, 6) is 1.09. The summed E-state index contributed by atoms with van der Waals surface area (Å²) >= 11 is 0. The highest BCUT2D eigenvalue weighted by atomic mass is 16.7. The lowest BCUT2D eigenvalue weighted by Gasteiger charge is -1.99. The van der Waals surface area contributed by atoms with Crippen LogP contribution in [-0.4, -0.2) is 11.3 Å². The van der Waals surface area contributed by atoms with Crippen molar-refractivity contribution in [2.45, 2.75) is 39.7 Å². The molecule has 0 radical (unpaired) electrons. The van der Waals surface area contributed by atoms with Crippen LogP contribution in [0.4, 0.5) is 0 Å².